The van der Waals surface area contributed by atoms with Crippen molar-refractivity contribution in [3.63, 3.8) is 0 Å². The van der Waals surface area contributed by atoms with Crippen molar-refractivity contribution in [1.82, 2.24) is 5.32 Å². The first kappa shape index (κ1) is 15.1. The molecule has 1 saturated carbocycles. The molecular weight excluding hydrogens is 370 g/mol. The molecule has 0 radical (unpaired) electrons. The quantitative estimate of drug-likeness (QED) is 0.706. The zero-order valence-electron chi connectivity index (χ0n) is 11.3. The fourth-order valence-corrected chi connectivity index (χ4v) is 3.20. The van der Waals surface area contributed by atoms with Gasteiger partial charge in [-0.3, -0.25) is 0 Å². The third kappa shape index (κ3) is 4.93. The van der Waals surface area contributed by atoms with Gasteiger partial charge >= 0.3 is 0 Å². The standard InChI is InChI=1S/C15H19Br2NO/c1-10(2)5-6-19-15-13(16)7-11(8-14(15)17)9-18-12-3-4-12/h5,7-8,12,18H,3-4,6,9H2,1-2H3. The van der Waals surface area contributed by atoms with Crippen molar-refractivity contribution in [3.8, 4) is 5.75 Å². The normalized spacial score (nSPS) is 14.3. The Balaban J connectivity index is 2.00. The Morgan fingerprint density at radius 3 is 2.47 bits per heavy atom. The highest BCUT2D eigenvalue weighted by Crippen LogP contribution is 2.35. The van der Waals surface area contributed by atoms with Gasteiger partial charge < -0.3 is 10.1 Å². The zero-order valence-corrected chi connectivity index (χ0v) is 14.5. The number of hydrogen-bond donors (Lipinski definition) is 1. The van der Waals surface area contributed by atoms with Gasteiger partial charge in [-0.25, -0.2) is 0 Å². The lowest BCUT2D eigenvalue weighted by molar-refractivity contribution is 0.357. The number of ether oxygens (including phenoxy) is 1. The molecule has 0 heterocycles. The monoisotopic (exact) mass is 387 g/mol. The van der Waals surface area contributed by atoms with Crippen LogP contribution in [0, 0.1) is 0 Å². The largest absolute Gasteiger partial charge is 0.487 e. The summed E-state index contributed by atoms with van der Waals surface area (Å²) in [5.41, 5.74) is 2.53. The van der Waals surface area contributed by atoms with E-state index >= 15 is 0 Å². The molecule has 1 N–H and O–H groups in total. The number of allylic oxidation sites excluding steroid dienone is 1. The molecule has 1 aromatic carbocycles. The molecule has 0 aliphatic heterocycles. The van der Waals surface area contributed by atoms with Gasteiger partial charge in [0.1, 0.15) is 12.4 Å². The van der Waals surface area contributed by atoms with Crippen LogP contribution in [0.4, 0.5) is 0 Å². The Hall–Kier alpha value is -0.320. The maximum Gasteiger partial charge on any atom is 0.148 e. The van der Waals surface area contributed by atoms with E-state index < -0.39 is 0 Å². The van der Waals surface area contributed by atoms with Crippen LogP contribution in [0.1, 0.15) is 32.3 Å². The van der Waals surface area contributed by atoms with Gasteiger partial charge in [0.05, 0.1) is 8.95 Å². The molecule has 1 fully saturated rings. The molecule has 1 aliphatic rings. The molecule has 0 bridgehead atoms. The van der Waals surface area contributed by atoms with Crippen LogP contribution in [-0.2, 0) is 6.54 Å². The average molecular weight is 389 g/mol. The van der Waals surface area contributed by atoms with Crippen molar-refractivity contribution < 1.29 is 4.74 Å². The molecule has 0 unspecified atom stereocenters. The number of rotatable bonds is 6. The fourth-order valence-electron chi connectivity index (χ4n) is 1.69. The van der Waals surface area contributed by atoms with E-state index in [0.29, 0.717) is 6.61 Å². The fraction of sp³-hybridized carbons (Fsp3) is 0.467. The van der Waals surface area contributed by atoms with Gasteiger partial charge in [-0.15, -0.1) is 0 Å². The molecule has 2 nitrogen and oxygen atoms in total. The lowest BCUT2D eigenvalue weighted by Crippen LogP contribution is -2.15. The van der Waals surface area contributed by atoms with E-state index in [4.69, 9.17) is 4.74 Å². The van der Waals surface area contributed by atoms with Gasteiger partial charge in [0.25, 0.3) is 0 Å². The lowest BCUT2D eigenvalue weighted by Gasteiger charge is -2.11. The zero-order chi connectivity index (χ0) is 13.8. The molecule has 104 valence electrons. The Morgan fingerprint density at radius 1 is 1.32 bits per heavy atom. The maximum atomic E-state index is 5.78. The van der Waals surface area contributed by atoms with Crippen molar-refractivity contribution in [2.75, 3.05) is 6.61 Å². The SMILES string of the molecule is CC(C)=CCOc1c(Br)cc(CNC2CC2)cc1Br. The second-order valence-electron chi connectivity index (χ2n) is 5.14. The summed E-state index contributed by atoms with van der Waals surface area (Å²) in [7, 11) is 0. The van der Waals surface area contributed by atoms with E-state index in [0.717, 1.165) is 27.3 Å². The summed E-state index contributed by atoms with van der Waals surface area (Å²) in [5.74, 6) is 0.868. The Labute approximate surface area is 131 Å². The first-order valence-corrected chi connectivity index (χ1v) is 8.12. The molecule has 0 amide bonds. The van der Waals surface area contributed by atoms with E-state index in [1.807, 2.05) is 0 Å². The maximum absolute atomic E-state index is 5.78. The third-order valence-electron chi connectivity index (χ3n) is 2.95. The van der Waals surface area contributed by atoms with Crippen molar-refractivity contribution in [2.45, 2.75) is 39.3 Å². The molecule has 2 rings (SSSR count). The predicted molar refractivity (Wildman–Crippen MR) is 86.6 cm³/mol. The number of nitrogens with one attached hydrogen (secondary N) is 1. The van der Waals surface area contributed by atoms with E-state index in [1.165, 1.54) is 24.0 Å². The molecule has 1 aliphatic carbocycles. The lowest BCUT2D eigenvalue weighted by atomic mass is 10.2. The summed E-state index contributed by atoms with van der Waals surface area (Å²) in [6.45, 7) is 5.65. The Morgan fingerprint density at radius 2 is 1.95 bits per heavy atom. The number of hydrogen-bond acceptors (Lipinski definition) is 2. The summed E-state index contributed by atoms with van der Waals surface area (Å²) < 4.78 is 7.77. The number of benzene rings is 1. The molecule has 4 heteroatoms. The minimum Gasteiger partial charge on any atom is -0.487 e. The van der Waals surface area contributed by atoms with Crippen LogP contribution in [0.15, 0.2) is 32.7 Å². The topological polar surface area (TPSA) is 21.3 Å². The smallest absolute Gasteiger partial charge is 0.148 e. The van der Waals surface area contributed by atoms with E-state index in [9.17, 15) is 0 Å². The molecule has 0 atom stereocenters. The van der Waals surface area contributed by atoms with Gasteiger partial charge in [-0.05, 0) is 82.3 Å². The molecule has 0 aromatic heterocycles. The summed E-state index contributed by atoms with van der Waals surface area (Å²) in [4.78, 5) is 0. The van der Waals surface area contributed by atoms with Crippen LogP contribution < -0.4 is 10.1 Å². The van der Waals surface area contributed by atoms with E-state index in [-0.39, 0.29) is 0 Å². The van der Waals surface area contributed by atoms with E-state index in [1.54, 1.807) is 0 Å². The van der Waals surface area contributed by atoms with Gasteiger partial charge in [-0.1, -0.05) is 5.57 Å². The minimum absolute atomic E-state index is 0.596. The summed E-state index contributed by atoms with van der Waals surface area (Å²) >= 11 is 7.17. The molecular formula is C15H19Br2NO. The van der Waals surface area contributed by atoms with Crippen LogP contribution in [0.5, 0.6) is 5.75 Å². The molecule has 0 spiro atoms. The van der Waals surface area contributed by atoms with Gasteiger partial charge in [0.2, 0.25) is 0 Å². The van der Waals surface area contributed by atoms with Crippen molar-refractivity contribution in [2.24, 2.45) is 0 Å². The van der Waals surface area contributed by atoms with Crippen LogP contribution in [0.2, 0.25) is 0 Å². The third-order valence-corrected chi connectivity index (χ3v) is 4.13. The molecule has 1 aromatic rings. The van der Waals surface area contributed by atoms with Crippen LogP contribution in [0.25, 0.3) is 0 Å². The summed E-state index contributed by atoms with van der Waals surface area (Å²) in [5, 5.41) is 3.51. The van der Waals surface area contributed by atoms with E-state index in [2.05, 4.69) is 69.2 Å². The van der Waals surface area contributed by atoms with Crippen molar-refractivity contribution in [3.05, 3.63) is 38.3 Å². The highest BCUT2D eigenvalue weighted by molar-refractivity contribution is 9.11. The average Bonchev–Trinajstić information content (AvgIpc) is 3.13. The first-order chi connectivity index (χ1) is 9.06. The highest BCUT2D eigenvalue weighted by atomic mass is 79.9. The van der Waals surface area contributed by atoms with Gasteiger partial charge in [-0.2, -0.15) is 0 Å². The van der Waals surface area contributed by atoms with Crippen LogP contribution in [-0.4, -0.2) is 12.6 Å². The van der Waals surface area contributed by atoms with Gasteiger partial charge in [0.15, 0.2) is 0 Å². The Kier molecular flexibility index (Phi) is 5.48. The summed E-state index contributed by atoms with van der Waals surface area (Å²) in [6.07, 6.45) is 4.69. The second kappa shape index (κ2) is 6.91. The molecule has 0 saturated heterocycles. The number of halogens is 2. The highest BCUT2D eigenvalue weighted by Gasteiger charge is 2.20. The van der Waals surface area contributed by atoms with Crippen LogP contribution in [0.3, 0.4) is 0 Å². The van der Waals surface area contributed by atoms with Crippen molar-refractivity contribution in [1.29, 1.82) is 0 Å². The van der Waals surface area contributed by atoms with Crippen molar-refractivity contribution >= 4 is 31.9 Å². The molecule has 19 heavy (non-hydrogen) atoms. The predicted octanol–water partition coefficient (Wildman–Crippen LogP) is 4.81. The Bertz CT molecular complexity index is 454. The first-order valence-electron chi connectivity index (χ1n) is 6.53. The van der Waals surface area contributed by atoms with Gasteiger partial charge in [0, 0.05) is 12.6 Å². The van der Waals surface area contributed by atoms with Crippen LogP contribution >= 0.6 is 31.9 Å². The summed E-state index contributed by atoms with van der Waals surface area (Å²) in [6, 6.07) is 4.97. The second-order valence-corrected chi connectivity index (χ2v) is 6.84. The minimum atomic E-state index is 0.596.